The van der Waals surface area contributed by atoms with E-state index in [0.717, 1.165) is 10.5 Å². The molecule has 18 heavy (non-hydrogen) atoms. The summed E-state index contributed by atoms with van der Waals surface area (Å²) in [6.45, 7) is 6.62. The van der Waals surface area contributed by atoms with Crippen LogP contribution in [0.3, 0.4) is 0 Å². The van der Waals surface area contributed by atoms with Gasteiger partial charge in [0.05, 0.1) is 11.9 Å². The van der Waals surface area contributed by atoms with Gasteiger partial charge in [0.2, 0.25) is 0 Å². The van der Waals surface area contributed by atoms with E-state index >= 15 is 0 Å². The molecule has 2 aromatic heterocycles. The van der Waals surface area contributed by atoms with Crippen molar-refractivity contribution in [1.82, 2.24) is 9.55 Å². The van der Waals surface area contributed by atoms with Crippen LogP contribution in [0.25, 0.3) is 0 Å². The van der Waals surface area contributed by atoms with E-state index < -0.39 is 0 Å². The van der Waals surface area contributed by atoms with Crippen LogP contribution in [0.2, 0.25) is 0 Å². The molecule has 0 spiro atoms. The Morgan fingerprint density at radius 3 is 3.00 bits per heavy atom. The maximum absolute atomic E-state index is 4.68. The molecule has 3 nitrogen and oxygen atoms in total. The van der Waals surface area contributed by atoms with Crippen LogP contribution in [0.4, 0.5) is 5.69 Å². The lowest BCUT2D eigenvalue weighted by atomic mass is 10.2. The molecule has 0 saturated carbocycles. The molecule has 0 saturated heterocycles. The number of nitrogens with zero attached hydrogens (tertiary/aromatic N) is 3. The van der Waals surface area contributed by atoms with Crippen molar-refractivity contribution in [2.75, 3.05) is 0 Å². The molecule has 2 aromatic rings. The van der Waals surface area contributed by atoms with E-state index in [-0.39, 0.29) is 0 Å². The molecule has 0 aliphatic heterocycles. The molecule has 0 aromatic carbocycles. The van der Waals surface area contributed by atoms with Crippen LogP contribution < -0.4 is 4.80 Å². The largest absolute Gasteiger partial charge is 0.318 e. The molecule has 0 radical (unpaired) electrons. The Morgan fingerprint density at radius 1 is 1.50 bits per heavy atom. The summed E-state index contributed by atoms with van der Waals surface area (Å²) < 4.78 is 2.32. The van der Waals surface area contributed by atoms with Crippen LogP contribution in [0.15, 0.2) is 34.9 Å². The fourth-order valence-corrected chi connectivity index (χ4v) is 3.08. The van der Waals surface area contributed by atoms with Gasteiger partial charge < -0.3 is 4.57 Å². The fraction of sp³-hybridized carbons (Fsp3) is 0.429. The predicted molar refractivity (Wildman–Crippen MR) is 76.1 cm³/mol. The third kappa shape index (κ3) is 2.88. The van der Waals surface area contributed by atoms with Gasteiger partial charge in [-0.1, -0.05) is 13.3 Å². The SMILES string of the molecule is CCCC(C)n1c(C)csc1=Nc1cccnc1. The molecule has 0 amide bonds. The van der Waals surface area contributed by atoms with Gasteiger partial charge in [0.15, 0.2) is 4.80 Å². The average molecular weight is 261 g/mol. The normalized spacial score (nSPS) is 13.8. The summed E-state index contributed by atoms with van der Waals surface area (Å²) in [5.41, 5.74) is 2.19. The number of aromatic nitrogens is 2. The standard InChI is InChI=1S/C14H19N3S/c1-4-6-11(2)17-12(3)10-18-14(17)16-13-7-5-8-15-9-13/h5,7-11H,4,6H2,1-3H3. The van der Waals surface area contributed by atoms with Crippen molar-refractivity contribution in [3.63, 3.8) is 0 Å². The minimum Gasteiger partial charge on any atom is -0.318 e. The molecule has 0 fully saturated rings. The summed E-state index contributed by atoms with van der Waals surface area (Å²) in [7, 11) is 0. The second kappa shape index (κ2) is 5.96. The van der Waals surface area contributed by atoms with Gasteiger partial charge in [-0.15, -0.1) is 11.3 Å². The highest BCUT2D eigenvalue weighted by molar-refractivity contribution is 7.07. The van der Waals surface area contributed by atoms with Crippen molar-refractivity contribution < 1.29 is 0 Å². The van der Waals surface area contributed by atoms with Crippen LogP contribution in [-0.2, 0) is 0 Å². The first-order valence-electron chi connectivity index (χ1n) is 6.33. The first-order chi connectivity index (χ1) is 8.72. The molecule has 0 bridgehead atoms. The topological polar surface area (TPSA) is 30.2 Å². The van der Waals surface area contributed by atoms with Crippen LogP contribution in [0.1, 0.15) is 38.4 Å². The lowest BCUT2D eigenvalue weighted by molar-refractivity contribution is 0.481. The highest BCUT2D eigenvalue weighted by Crippen LogP contribution is 2.16. The highest BCUT2D eigenvalue weighted by Gasteiger charge is 2.08. The monoisotopic (exact) mass is 261 g/mol. The number of pyridine rings is 1. The molecular weight excluding hydrogens is 242 g/mol. The van der Waals surface area contributed by atoms with E-state index in [1.807, 2.05) is 12.1 Å². The van der Waals surface area contributed by atoms with Gasteiger partial charge in [-0.05, 0) is 32.4 Å². The Morgan fingerprint density at radius 2 is 2.33 bits per heavy atom. The Bertz CT molecular complexity index is 554. The Hall–Kier alpha value is -1.42. The molecule has 2 rings (SSSR count). The molecule has 4 heteroatoms. The van der Waals surface area contributed by atoms with Gasteiger partial charge >= 0.3 is 0 Å². The maximum Gasteiger partial charge on any atom is 0.190 e. The Kier molecular flexibility index (Phi) is 4.31. The lowest BCUT2D eigenvalue weighted by Crippen LogP contribution is -2.20. The van der Waals surface area contributed by atoms with Crippen molar-refractivity contribution >= 4 is 17.0 Å². The number of hydrogen-bond donors (Lipinski definition) is 0. The Balaban J connectivity index is 2.43. The first kappa shape index (κ1) is 13.0. The zero-order valence-electron chi connectivity index (χ0n) is 11.1. The van der Waals surface area contributed by atoms with Crippen LogP contribution in [0, 0.1) is 6.92 Å². The third-order valence-corrected chi connectivity index (χ3v) is 3.90. The maximum atomic E-state index is 4.68. The van der Waals surface area contributed by atoms with Crippen molar-refractivity contribution in [2.24, 2.45) is 4.99 Å². The molecule has 1 unspecified atom stereocenters. The van der Waals surface area contributed by atoms with Crippen molar-refractivity contribution in [2.45, 2.75) is 39.7 Å². The second-order valence-electron chi connectivity index (χ2n) is 4.49. The predicted octanol–water partition coefficient (Wildman–Crippen LogP) is 3.85. The molecule has 0 N–H and O–H groups in total. The van der Waals surface area contributed by atoms with Crippen LogP contribution in [-0.4, -0.2) is 9.55 Å². The third-order valence-electron chi connectivity index (χ3n) is 2.94. The van der Waals surface area contributed by atoms with E-state index in [1.54, 1.807) is 23.7 Å². The molecule has 0 aliphatic rings. The zero-order chi connectivity index (χ0) is 13.0. The summed E-state index contributed by atoms with van der Waals surface area (Å²) in [6, 6.07) is 4.40. The molecule has 2 heterocycles. The first-order valence-corrected chi connectivity index (χ1v) is 7.21. The molecule has 96 valence electrons. The smallest absolute Gasteiger partial charge is 0.190 e. The summed E-state index contributed by atoms with van der Waals surface area (Å²) in [4.78, 5) is 9.84. The van der Waals surface area contributed by atoms with Crippen molar-refractivity contribution in [3.05, 3.63) is 40.4 Å². The average Bonchev–Trinajstić information content (AvgIpc) is 2.72. The fourth-order valence-electron chi connectivity index (χ4n) is 2.10. The zero-order valence-corrected chi connectivity index (χ0v) is 11.9. The van der Waals surface area contributed by atoms with Gasteiger partial charge in [0.1, 0.15) is 0 Å². The number of thiazole rings is 1. The van der Waals surface area contributed by atoms with E-state index in [4.69, 9.17) is 0 Å². The van der Waals surface area contributed by atoms with Gasteiger partial charge in [0, 0.05) is 23.3 Å². The summed E-state index contributed by atoms with van der Waals surface area (Å²) in [5.74, 6) is 0. The minimum atomic E-state index is 0.497. The number of aryl methyl sites for hydroxylation is 1. The Labute approximate surface area is 112 Å². The van der Waals surface area contributed by atoms with Crippen molar-refractivity contribution in [1.29, 1.82) is 0 Å². The van der Waals surface area contributed by atoms with Crippen LogP contribution in [0.5, 0.6) is 0 Å². The second-order valence-corrected chi connectivity index (χ2v) is 5.33. The molecule has 0 aliphatic carbocycles. The quantitative estimate of drug-likeness (QED) is 0.822. The summed E-state index contributed by atoms with van der Waals surface area (Å²) in [5, 5.41) is 2.17. The van der Waals surface area contributed by atoms with Crippen LogP contribution >= 0.6 is 11.3 Å². The highest BCUT2D eigenvalue weighted by atomic mass is 32.1. The van der Waals surface area contributed by atoms with Gasteiger partial charge in [-0.2, -0.15) is 0 Å². The van der Waals surface area contributed by atoms with Gasteiger partial charge in [0.25, 0.3) is 0 Å². The lowest BCUT2D eigenvalue weighted by Gasteiger charge is -2.14. The van der Waals surface area contributed by atoms with E-state index in [0.29, 0.717) is 6.04 Å². The minimum absolute atomic E-state index is 0.497. The van der Waals surface area contributed by atoms with E-state index in [2.05, 4.69) is 40.7 Å². The summed E-state index contributed by atoms with van der Waals surface area (Å²) in [6.07, 6.45) is 5.93. The van der Waals surface area contributed by atoms with E-state index in [9.17, 15) is 0 Å². The van der Waals surface area contributed by atoms with E-state index in [1.165, 1.54) is 18.5 Å². The molecular formula is C14H19N3S. The molecule has 1 atom stereocenters. The number of hydrogen-bond acceptors (Lipinski definition) is 3. The van der Waals surface area contributed by atoms with Gasteiger partial charge in [-0.25, -0.2) is 4.99 Å². The van der Waals surface area contributed by atoms with Gasteiger partial charge in [-0.3, -0.25) is 4.98 Å². The number of rotatable bonds is 4. The van der Waals surface area contributed by atoms with Crippen molar-refractivity contribution in [3.8, 4) is 0 Å². The summed E-state index contributed by atoms with van der Waals surface area (Å²) >= 11 is 1.69.